The summed E-state index contributed by atoms with van der Waals surface area (Å²) in [4.78, 5) is 2.12. The van der Waals surface area contributed by atoms with E-state index in [1.54, 1.807) is 6.21 Å². The van der Waals surface area contributed by atoms with Crippen molar-refractivity contribution in [1.29, 1.82) is 0 Å². The molecule has 1 aliphatic rings. The molecule has 1 aliphatic heterocycles. The van der Waals surface area contributed by atoms with Gasteiger partial charge in [0, 0.05) is 16.6 Å². The van der Waals surface area contributed by atoms with Gasteiger partial charge in [0.05, 0.1) is 12.8 Å². The van der Waals surface area contributed by atoms with E-state index in [2.05, 4.69) is 51.9 Å². The van der Waals surface area contributed by atoms with Crippen molar-refractivity contribution in [3.63, 3.8) is 0 Å². The average molecular weight is 391 g/mol. The second kappa shape index (κ2) is 7.96. The lowest BCUT2D eigenvalue weighted by molar-refractivity contribution is 0.249. The minimum absolute atomic E-state index is 0.153. The van der Waals surface area contributed by atoms with Crippen LogP contribution in [0.3, 0.4) is 0 Å². The number of fused-ring (bicyclic) bond motifs is 1. The molecule has 2 atom stereocenters. The Morgan fingerprint density at radius 3 is 2.82 bits per heavy atom. The summed E-state index contributed by atoms with van der Waals surface area (Å²) in [5.74, 6) is 0.811. The molecule has 3 aromatic carbocycles. The maximum absolute atomic E-state index is 5.94. The van der Waals surface area contributed by atoms with Gasteiger partial charge in [0.2, 0.25) is 0 Å². The molecule has 2 unspecified atom stereocenters. The number of rotatable bonds is 5. The van der Waals surface area contributed by atoms with Gasteiger partial charge in [-0.2, -0.15) is 5.10 Å². The van der Waals surface area contributed by atoms with Crippen LogP contribution in [0.1, 0.15) is 11.1 Å². The maximum Gasteiger partial charge on any atom is 0.191 e. The number of benzene rings is 3. The molecule has 0 aromatic heterocycles. The number of ether oxygens (including phenoxy) is 1. The molecule has 0 radical (unpaired) electrons. The predicted molar refractivity (Wildman–Crippen MR) is 119 cm³/mol. The van der Waals surface area contributed by atoms with Gasteiger partial charge < -0.3 is 10.1 Å². The van der Waals surface area contributed by atoms with Gasteiger partial charge in [0.1, 0.15) is 5.75 Å². The van der Waals surface area contributed by atoms with Crippen LogP contribution in [0.4, 0.5) is 5.69 Å². The van der Waals surface area contributed by atoms with Gasteiger partial charge in [-0.3, -0.25) is 10.3 Å². The van der Waals surface area contributed by atoms with E-state index in [9.17, 15) is 0 Å². The average Bonchev–Trinajstić information content (AvgIpc) is 3.38. The number of nitrogens with one attached hydrogen (secondary N) is 2. The highest BCUT2D eigenvalue weighted by molar-refractivity contribution is 7.80. The Balaban J connectivity index is 1.42. The van der Waals surface area contributed by atoms with E-state index in [4.69, 9.17) is 17.0 Å². The van der Waals surface area contributed by atoms with Crippen molar-refractivity contribution in [2.24, 2.45) is 5.10 Å². The smallest absolute Gasteiger partial charge is 0.191 e. The fourth-order valence-electron chi connectivity index (χ4n) is 2.97. The van der Waals surface area contributed by atoms with Crippen LogP contribution >= 0.6 is 12.2 Å². The fraction of sp³-hybridized carbons (Fsp3) is 0.182. The standard InChI is InChI=1S/C22H22N4OS/c1-15-10-11-16-7-5-8-19(18(16)12-15)24-22(28)25-23-13-17-6-3-4-9-20(17)27-21-14-26(21)2/h3-13,21H,14H2,1-2H3,(H2,24,25,28). The van der Waals surface area contributed by atoms with Gasteiger partial charge in [0.15, 0.2) is 11.3 Å². The second-order valence-corrected chi connectivity index (χ2v) is 7.31. The first-order valence-electron chi connectivity index (χ1n) is 9.15. The molecule has 142 valence electrons. The van der Waals surface area contributed by atoms with Gasteiger partial charge in [0.25, 0.3) is 0 Å². The number of aryl methyl sites for hydroxylation is 1. The Morgan fingerprint density at radius 1 is 1.18 bits per heavy atom. The van der Waals surface area contributed by atoms with Gasteiger partial charge in [-0.15, -0.1) is 0 Å². The van der Waals surface area contributed by atoms with Crippen LogP contribution in [-0.4, -0.2) is 36.0 Å². The zero-order valence-corrected chi connectivity index (χ0v) is 16.7. The monoisotopic (exact) mass is 390 g/mol. The summed E-state index contributed by atoms with van der Waals surface area (Å²) < 4.78 is 5.94. The fourth-order valence-corrected chi connectivity index (χ4v) is 3.14. The van der Waals surface area contributed by atoms with Crippen LogP contribution in [-0.2, 0) is 0 Å². The molecule has 0 bridgehead atoms. The van der Waals surface area contributed by atoms with Crippen molar-refractivity contribution in [2.75, 3.05) is 18.9 Å². The van der Waals surface area contributed by atoms with Gasteiger partial charge in [-0.1, -0.05) is 42.0 Å². The number of hydrazone groups is 1. The van der Waals surface area contributed by atoms with E-state index >= 15 is 0 Å². The quantitative estimate of drug-likeness (QED) is 0.297. The van der Waals surface area contributed by atoms with Crippen molar-refractivity contribution in [2.45, 2.75) is 13.2 Å². The number of hydrogen-bond acceptors (Lipinski definition) is 4. The van der Waals surface area contributed by atoms with Crippen LogP contribution in [0.25, 0.3) is 10.8 Å². The molecule has 1 saturated heterocycles. The number of hydrogen-bond donors (Lipinski definition) is 2. The van der Waals surface area contributed by atoms with E-state index in [1.165, 1.54) is 5.56 Å². The minimum atomic E-state index is 0.153. The first kappa shape index (κ1) is 18.4. The third-order valence-corrected chi connectivity index (χ3v) is 4.83. The number of nitrogens with zero attached hydrogens (tertiary/aromatic N) is 2. The van der Waals surface area contributed by atoms with Crippen molar-refractivity contribution < 1.29 is 4.74 Å². The van der Waals surface area contributed by atoms with Crippen LogP contribution in [0, 0.1) is 6.92 Å². The van der Waals surface area contributed by atoms with Crippen molar-refractivity contribution >= 4 is 40.0 Å². The van der Waals surface area contributed by atoms with E-state index < -0.39 is 0 Å². The van der Waals surface area contributed by atoms with Crippen LogP contribution in [0.2, 0.25) is 0 Å². The molecule has 0 spiro atoms. The van der Waals surface area contributed by atoms with Crippen LogP contribution in [0.5, 0.6) is 5.75 Å². The first-order chi connectivity index (χ1) is 13.6. The number of para-hydroxylation sites is 1. The van der Waals surface area contributed by atoms with E-state index in [-0.39, 0.29) is 6.23 Å². The van der Waals surface area contributed by atoms with E-state index in [0.29, 0.717) is 5.11 Å². The third kappa shape index (κ3) is 4.30. The minimum Gasteiger partial charge on any atom is -0.473 e. The Labute approximate surface area is 170 Å². The van der Waals surface area contributed by atoms with E-state index in [1.807, 2.05) is 43.4 Å². The third-order valence-electron chi connectivity index (χ3n) is 4.64. The topological polar surface area (TPSA) is 48.7 Å². The summed E-state index contributed by atoms with van der Waals surface area (Å²) in [5.41, 5.74) is 5.95. The highest BCUT2D eigenvalue weighted by atomic mass is 32.1. The number of anilines is 1. The predicted octanol–water partition coefficient (Wildman–Crippen LogP) is 4.12. The normalized spacial score (nSPS) is 18.2. The zero-order chi connectivity index (χ0) is 19.5. The Morgan fingerprint density at radius 2 is 2.00 bits per heavy atom. The number of thiocarbonyl (C=S) groups is 1. The number of likely N-dealkylation sites (N-methyl/N-ethyl adjacent to an activating group) is 1. The Kier molecular flexibility index (Phi) is 5.23. The van der Waals surface area contributed by atoms with Crippen molar-refractivity contribution in [1.82, 2.24) is 10.3 Å². The molecular formula is C22H22N4OS. The lowest BCUT2D eigenvalue weighted by atomic mass is 10.1. The van der Waals surface area contributed by atoms with Gasteiger partial charge in [-0.05, 0) is 55.8 Å². The summed E-state index contributed by atoms with van der Waals surface area (Å²) in [5, 5.41) is 10.2. The molecule has 0 amide bonds. The molecule has 0 saturated carbocycles. The lowest BCUT2D eigenvalue weighted by Gasteiger charge is -2.11. The lowest BCUT2D eigenvalue weighted by Crippen LogP contribution is -2.24. The summed E-state index contributed by atoms with van der Waals surface area (Å²) in [6.45, 7) is 3.03. The molecule has 5 nitrogen and oxygen atoms in total. The van der Waals surface area contributed by atoms with Gasteiger partial charge >= 0.3 is 0 Å². The largest absolute Gasteiger partial charge is 0.473 e. The zero-order valence-electron chi connectivity index (χ0n) is 15.8. The molecule has 1 heterocycles. The Bertz CT molecular complexity index is 1050. The molecule has 2 N–H and O–H groups in total. The van der Waals surface area contributed by atoms with Crippen molar-refractivity contribution in [3.05, 3.63) is 71.8 Å². The SMILES string of the molecule is Cc1ccc2cccc(NC(=S)NN=Cc3ccccc3OC3CN3C)c2c1. The Hall–Kier alpha value is -2.96. The van der Waals surface area contributed by atoms with E-state index in [0.717, 1.165) is 34.3 Å². The summed E-state index contributed by atoms with van der Waals surface area (Å²) in [6.07, 6.45) is 1.87. The molecule has 4 rings (SSSR count). The first-order valence-corrected chi connectivity index (χ1v) is 9.56. The molecular weight excluding hydrogens is 368 g/mol. The molecule has 0 aliphatic carbocycles. The second-order valence-electron chi connectivity index (χ2n) is 6.90. The summed E-state index contributed by atoms with van der Waals surface area (Å²) in [7, 11) is 2.03. The van der Waals surface area contributed by atoms with Crippen LogP contribution < -0.4 is 15.5 Å². The molecule has 3 aromatic rings. The highest BCUT2D eigenvalue weighted by Gasteiger charge is 2.32. The maximum atomic E-state index is 5.94. The summed E-state index contributed by atoms with van der Waals surface area (Å²) in [6, 6.07) is 20.3. The summed E-state index contributed by atoms with van der Waals surface area (Å²) >= 11 is 5.40. The van der Waals surface area contributed by atoms with Crippen LogP contribution in [0.15, 0.2) is 65.8 Å². The van der Waals surface area contributed by atoms with Crippen molar-refractivity contribution in [3.8, 4) is 5.75 Å². The molecule has 1 fully saturated rings. The molecule has 28 heavy (non-hydrogen) atoms. The molecule has 6 heteroatoms. The van der Waals surface area contributed by atoms with Gasteiger partial charge in [-0.25, -0.2) is 0 Å². The highest BCUT2D eigenvalue weighted by Crippen LogP contribution is 2.25.